The first kappa shape index (κ1) is 21.4. The highest BCUT2D eigenvalue weighted by atomic mass is 16.6. The molecule has 1 aliphatic heterocycles. The van der Waals surface area contributed by atoms with Crippen LogP contribution >= 0.6 is 0 Å². The fraction of sp³-hybridized carbons (Fsp3) is 0.947. The molecule has 22 heavy (non-hydrogen) atoms. The zero-order valence-electron chi connectivity index (χ0n) is 16.1. The standard InChI is InChI=1S/C17H32O3.C2H6/c1-7-13-11-14(15(8-2)19-13)12(5)16(18)20-17(6,9-3)10-4;1-2/h12-15H,7-11H2,1-6H3;1-2H3. The van der Waals surface area contributed by atoms with Gasteiger partial charge in [0.05, 0.1) is 18.1 Å². The number of hydrogen-bond donors (Lipinski definition) is 0. The molecule has 0 saturated carbocycles. The number of carbonyl (C=O) groups is 1. The number of rotatable bonds is 7. The number of carbonyl (C=O) groups excluding carboxylic acids is 1. The zero-order valence-corrected chi connectivity index (χ0v) is 16.1. The third-order valence-corrected chi connectivity index (χ3v) is 5.09. The van der Waals surface area contributed by atoms with Gasteiger partial charge in [0, 0.05) is 5.92 Å². The van der Waals surface area contributed by atoms with Gasteiger partial charge in [0.1, 0.15) is 5.60 Å². The average molecular weight is 315 g/mol. The van der Waals surface area contributed by atoms with Gasteiger partial charge in [-0.3, -0.25) is 4.79 Å². The second-order valence-electron chi connectivity index (χ2n) is 6.38. The molecule has 3 nitrogen and oxygen atoms in total. The quantitative estimate of drug-likeness (QED) is 0.593. The molecule has 0 aromatic rings. The van der Waals surface area contributed by atoms with E-state index in [0.29, 0.717) is 12.0 Å². The first-order valence-corrected chi connectivity index (χ1v) is 9.28. The fourth-order valence-electron chi connectivity index (χ4n) is 2.95. The van der Waals surface area contributed by atoms with Crippen LogP contribution in [0.3, 0.4) is 0 Å². The topological polar surface area (TPSA) is 35.5 Å². The average Bonchev–Trinajstić information content (AvgIpc) is 2.99. The summed E-state index contributed by atoms with van der Waals surface area (Å²) in [6.07, 6.45) is 5.21. The normalized spacial score (nSPS) is 26.1. The molecule has 1 saturated heterocycles. The van der Waals surface area contributed by atoms with Crippen molar-refractivity contribution < 1.29 is 14.3 Å². The van der Waals surface area contributed by atoms with Gasteiger partial charge in [-0.1, -0.05) is 48.5 Å². The van der Waals surface area contributed by atoms with Crippen LogP contribution in [0.1, 0.15) is 87.5 Å². The Hall–Kier alpha value is -0.570. The van der Waals surface area contributed by atoms with E-state index in [0.717, 1.165) is 32.1 Å². The van der Waals surface area contributed by atoms with E-state index in [2.05, 4.69) is 27.7 Å². The molecule has 4 unspecified atom stereocenters. The van der Waals surface area contributed by atoms with E-state index < -0.39 is 0 Å². The maximum atomic E-state index is 12.4. The first-order valence-electron chi connectivity index (χ1n) is 9.28. The van der Waals surface area contributed by atoms with Crippen molar-refractivity contribution in [3.63, 3.8) is 0 Å². The second kappa shape index (κ2) is 10.3. The van der Waals surface area contributed by atoms with Crippen molar-refractivity contribution in [2.45, 2.75) is 105 Å². The Morgan fingerprint density at radius 2 is 1.73 bits per heavy atom. The van der Waals surface area contributed by atoms with Gasteiger partial charge < -0.3 is 9.47 Å². The maximum Gasteiger partial charge on any atom is 0.309 e. The van der Waals surface area contributed by atoms with Crippen LogP contribution in [0.5, 0.6) is 0 Å². The zero-order chi connectivity index (χ0) is 17.3. The van der Waals surface area contributed by atoms with Crippen molar-refractivity contribution in [1.29, 1.82) is 0 Å². The van der Waals surface area contributed by atoms with Gasteiger partial charge in [-0.25, -0.2) is 0 Å². The Morgan fingerprint density at radius 3 is 2.14 bits per heavy atom. The van der Waals surface area contributed by atoms with Crippen molar-refractivity contribution in [1.82, 2.24) is 0 Å². The second-order valence-corrected chi connectivity index (χ2v) is 6.38. The van der Waals surface area contributed by atoms with Crippen LogP contribution in [0.15, 0.2) is 0 Å². The molecule has 0 aromatic heterocycles. The number of esters is 1. The van der Waals surface area contributed by atoms with Gasteiger partial charge >= 0.3 is 5.97 Å². The van der Waals surface area contributed by atoms with Crippen LogP contribution in [0.25, 0.3) is 0 Å². The molecule has 0 N–H and O–H groups in total. The molecule has 0 radical (unpaired) electrons. The third kappa shape index (κ3) is 5.57. The predicted molar refractivity (Wildman–Crippen MR) is 92.9 cm³/mol. The van der Waals surface area contributed by atoms with E-state index in [-0.39, 0.29) is 23.6 Å². The van der Waals surface area contributed by atoms with Gasteiger partial charge in [-0.2, -0.15) is 0 Å². The molecule has 0 aromatic carbocycles. The Balaban J connectivity index is 0.00000211. The van der Waals surface area contributed by atoms with E-state index in [9.17, 15) is 4.79 Å². The molecule has 0 spiro atoms. The number of hydrogen-bond acceptors (Lipinski definition) is 3. The predicted octanol–water partition coefficient (Wildman–Crippen LogP) is 5.36. The molecule has 1 heterocycles. The molecule has 1 aliphatic rings. The SMILES string of the molecule is CC.CCC1CC(C(C)C(=O)OC(C)(CC)CC)C(CC)O1. The molecule has 0 bridgehead atoms. The lowest BCUT2D eigenvalue weighted by Crippen LogP contribution is -2.36. The molecule has 1 fully saturated rings. The Bertz CT molecular complexity index is 310. The lowest BCUT2D eigenvalue weighted by Gasteiger charge is -2.30. The molecule has 0 aliphatic carbocycles. The van der Waals surface area contributed by atoms with Crippen molar-refractivity contribution in [3.8, 4) is 0 Å². The smallest absolute Gasteiger partial charge is 0.309 e. The van der Waals surface area contributed by atoms with Gasteiger partial charge in [-0.05, 0) is 39.0 Å². The van der Waals surface area contributed by atoms with E-state index in [1.807, 2.05) is 27.7 Å². The summed E-state index contributed by atoms with van der Waals surface area (Å²) >= 11 is 0. The summed E-state index contributed by atoms with van der Waals surface area (Å²) in [6.45, 7) is 16.5. The summed E-state index contributed by atoms with van der Waals surface area (Å²) in [6, 6.07) is 0. The minimum Gasteiger partial charge on any atom is -0.459 e. The summed E-state index contributed by atoms with van der Waals surface area (Å²) in [4.78, 5) is 12.4. The summed E-state index contributed by atoms with van der Waals surface area (Å²) in [7, 11) is 0. The minimum atomic E-state index is -0.323. The Morgan fingerprint density at radius 1 is 1.18 bits per heavy atom. The van der Waals surface area contributed by atoms with Crippen LogP contribution in [-0.2, 0) is 14.3 Å². The van der Waals surface area contributed by atoms with Crippen molar-refractivity contribution in [2.75, 3.05) is 0 Å². The molecule has 132 valence electrons. The lowest BCUT2D eigenvalue weighted by atomic mass is 9.85. The Kier molecular flexibility index (Phi) is 9.99. The summed E-state index contributed by atoms with van der Waals surface area (Å²) in [5.41, 5.74) is -0.323. The van der Waals surface area contributed by atoms with E-state index >= 15 is 0 Å². The van der Waals surface area contributed by atoms with Crippen molar-refractivity contribution in [2.24, 2.45) is 11.8 Å². The van der Waals surface area contributed by atoms with Gasteiger partial charge in [-0.15, -0.1) is 0 Å². The fourth-order valence-corrected chi connectivity index (χ4v) is 2.95. The molecule has 4 atom stereocenters. The largest absolute Gasteiger partial charge is 0.459 e. The molecule has 1 rings (SSSR count). The van der Waals surface area contributed by atoms with Crippen molar-refractivity contribution in [3.05, 3.63) is 0 Å². The summed E-state index contributed by atoms with van der Waals surface area (Å²) in [5, 5.41) is 0. The number of ether oxygens (including phenoxy) is 2. The van der Waals surface area contributed by atoms with Crippen LogP contribution < -0.4 is 0 Å². The minimum absolute atomic E-state index is 0.0556. The summed E-state index contributed by atoms with van der Waals surface area (Å²) < 4.78 is 11.8. The lowest BCUT2D eigenvalue weighted by molar-refractivity contribution is -0.166. The van der Waals surface area contributed by atoms with E-state index in [1.54, 1.807) is 0 Å². The van der Waals surface area contributed by atoms with Gasteiger partial charge in [0.2, 0.25) is 0 Å². The van der Waals surface area contributed by atoms with Crippen LogP contribution in [0, 0.1) is 11.8 Å². The molecular weight excluding hydrogens is 276 g/mol. The molecule has 0 amide bonds. The third-order valence-electron chi connectivity index (χ3n) is 5.09. The molecular formula is C19H38O3. The summed E-state index contributed by atoms with van der Waals surface area (Å²) in [5.74, 6) is 0.171. The maximum absolute atomic E-state index is 12.4. The van der Waals surface area contributed by atoms with Crippen LogP contribution in [-0.4, -0.2) is 23.8 Å². The van der Waals surface area contributed by atoms with Crippen LogP contribution in [0.2, 0.25) is 0 Å². The first-order chi connectivity index (χ1) is 10.4. The van der Waals surface area contributed by atoms with Crippen molar-refractivity contribution >= 4 is 5.97 Å². The highest BCUT2D eigenvalue weighted by Gasteiger charge is 2.41. The van der Waals surface area contributed by atoms with Gasteiger partial charge in [0.15, 0.2) is 0 Å². The Labute approximate surface area is 138 Å². The molecule has 3 heteroatoms. The monoisotopic (exact) mass is 314 g/mol. The van der Waals surface area contributed by atoms with E-state index in [1.165, 1.54) is 0 Å². The van der Waals surface area contributed by atoms with E-state index in [4.69, 9.17) is 9.47 Å². The highest BCUT2D eigenvalue weighted by molar-refractivity contribution is 5.73. The highest BCUT2D eigenvalue weighted by Crippen LogP contribution is 2.36. The van der Waals surface area contributed by atoms with Crippen LogP contribution in [0.4, 0.5) is 0 Å². The van der Waals surface area contributed by atoms with Gasteiger partial charge in [0.25, 0.3) is 0 Å².